The molecule has 4 nitrogen and oxygen atoms in total. The molecule has 7 heteroatoms. The number of hydrogen-bond donors (Lipinski definition) is 0. The van der Waals surface area contributed by atoms with Gasteiger partial charge in [0.2, 0.25) is 0 Å². The van der Waals surface area contributed by atoms with Crippen LogP contribution in [0.15, 0.2) is 70.7 Å². The minimum absolute atomic E-state index is 0.180. The van der Waals surface area contributed by atoms with Crippen molar-refractivity contribution in [2.75, 3.05) is 0 Å². The van der Waals surface area contributed by atoms with Gasteiger partial charge >= 0.3 is 0 Å². The van der Waals surface area contributed by atoms with E-state index in [2.05, 4.69) is 9.97 Å². The fourth-order valence-electron chi connectivity index (χ4n) is 2.89. The molecule has 4 rings (SSSR count). The van der Waals surface area contributed by atoms with E-state index in [4.69, 9.17) is 11.6 Å². The lowest BCUT2D eigenvalue weighted by Gasteiger charge is -2.14. The van der Waals surface area contributed by atoms with Crippen LogP contribution >= 0.6 is 23.4 Å². The molecule has 2 aromatic heterocycles. The van der Waals surface area contributed by atoms with Gasteiger partial charge < -0.3 is 0 Å². The van der Waals surface area contributed by atoms with Crippen LogP contribution in [-0.2, 0) is 5.75 Å². The molecule has 0 N–H and O–H groups in total. The van der Waals surface area contributed by atoms with E-state index in [1.807, 2.05) is 31.2 Å². The molecule has 0 spiro atoms. The zero-order chi connectivity index (χ0) is 19.7. The molecule has 2 heterocycles. The maximum atomic E-state index is 13.3. The number of pyridine rings is 1. The van der Waals surface area contributed by atoms with Crippen molar-refractivity contribution in [1.82, 2.24) is 14.5 Å². The maximum Gasteiger partial charge on any atom is 0.267 e. The van der Waals surface area contributed by atoms with E-state index in [9.17, 15) is 9.18 Å². The average molecular weight is 412 g/mol. The highest BCUT2D eigenvalue weighted by molar-refractivity contribution is 7.98. The molecule has 0 bridgehead atoms. The number of para-hydroxylation sites is 1. The van der Waals surface area contributed by atoms with Gasteiger partial charge in [-0.1, -0.05) is 47.6 Å². The van der Waals surface area contributed by atoms with Crippen LogP contribution in [0.4, 0.5) is 4.39 Å². The van der Waals surface area contributed by atoms with E-state index in [1.54, 1.807) is 24.4 Å². The van der Waals surface area contributed by atoms with Gasteiger partial charge in [-0.3, -0.25) is 4.79 Å². The van der Waals surface area contributed by atoms with E-state index in [1.165, 1.54) is 28.5 Å². The summed E-state index contributed by atoms with van der Waals surface area (Å²) in [5.41, 5.74) is 2.06. The van der Waals surface area contributed by atoms with E-state index in [0.717, 1.165) is 11.1 Å². The third-order valence-corrected chi connectivity index (χ3v) is 5.65. The summed E-state index contributed by atoms with van der Waals surface area (Å²) in [6.07, 6.45) is 1.65. The predicted octanol–water partition coefficient (Wildman–Crippen LogP) is 5.17. The molecule has 0 saturated carbocycles. The van der Waals surface area contributed by atoms with Crippen LogP contribution in [0.3, 0.4) is 0 Å². The van der Waals surface area contributed by atoms with Crippen molar-refractivity contribution in [3.05, 3.63) is 93.1 Å². The van der Waals surface area contributed by atoms with Crippen LogP contribution in [0, 0.1) is 12.7 Å². The van der Waals surface area contributed by atoms with Crippen LogP contribution in [0.1, 0.15) is 11.1 Å². The lowest BCUT2D eigenvalue weighted by atomic mass is 10.2. The number of fused-ring (bicyclic) bond motifs is 1. The van der Waals surface area contributed by atoms with Gasteiger partial charge in [0.15, 0.2) is 5.16 Å². The number of hydrogen-bond acceptors (Lipinski definition) is 4. The SMILES string of the molecule is Cc1cccnc1-n1c(SCc2ccc(F)cc2Cl)nc2ccccc2c1=O. The van der Waals surface area contributed by atoms with Crippen LogP contribution in [0.25, 0.3) is 16.7 Å². The number of benzene rings is 2. The number of nitrogens with zero attached hydrogens (tertiary/aromatic N) is 3. The van der Waals surface area contributed by atoms with Crippen LogP contribution in [0.5, 0.6) is 0 Å². The van der Waals surface area contributed by atoms with Crippen LogP contribution in [0.2, 0.25) is 5.02 Å². The van der Waals surface area contributed by atoms with Gasteiger partial charge in [0.1, 0.15) is 11.6 Å². The summed E-state index contributed by atoms with van der Waals surface area (Å²) in [6.45, 7) is 1.90. The highest BCUT2D eigenvalue weighted by atomic mass is 35.5. The van der Waals surface area contributed by atoms with Crippen molar-refractivity contribution in [3.8, 4) is 5.82 Å². The van der Waals surface area contributed by atoms with E-state index >= 15 is 0 Å². The number of halogens is 2. The Morgan fingerprint density at radius 2 is 1.96 bits per heavy atom. The second-order valence-electron chi connectivity index (χ2n) is 6.22. The van der Waals surface area contributed by atoms with Crippen molar-refractivity contribution in [2.45, 2.75) is 17.8 Å². The van der Waals surface area contributed by atoms with Crippen molar-refractivity contribution in [3.63, 3.8) is 0 Å². The van der Waals surface area contributed by atoms with Gasteiger partial charge in [-0.2, -0.15) is 0 Å². The predicted molar refractivity (Wildman–Crippen MR) is 111 cm³/mol. The second-order valence-corrected chi connectivity index (χ2v) is 7.57. The van der Waals surface area contributed by atoms with Gasteiger partial charge in [0, 0.05) is 17.0 Å². The molecule has 0 unspecified atom stereocenters. The smallest absolute Gasteiger partial charge is 0.267 e. The minimum Gasteiger partial charge on any atom is -0.268 e. The number of thioether (sulfide) groups is 1. The lowest BCUT2D eigenvalue weighted by molar-refractivity contribution is 0.627. The zero-order valence-electron chi connectivity index (χ0n) is 14.9. The summed E-state index contributed by atoms with van der Waals surface area (Å²) in [4.78, 5) is 22.3. The molecule has 0 radical (unpaired) electrons. The summed E-state index contributed by atoms with van der Waals surface area (Å²) < 4.78 is 14.8. The van der Waals surface area contributed by atoms with E-state index < -0.39 is 0 Å². The Morgan fingerprint density at radius 1 is 1.14 bits per heavy atom. The first kappa shape index (κ1) is 18.7. The molecular formula is C21H15ClFN3OS. The molecule has 140 valence electrons. The Labute approximate surface area is 170 Å². The Morgan fingerprint density at radius 3 is 2.75 bits per heavy atom. The average Bonchev–Trinajstić information content (AvgIpc) is 2.68. The molecule has 0 aliphatic rings. The summed E-state index contributed by atoms with van der Waals surface area (Å²) in [5, 5.41) is 1.37. The third kappa shape index (κ3) is 3.53. The molecule has 0 aliphatic carbocycles. The van der Waals surface area contributed by atoms with Crippen molar-refractivity contribution in [1.29, 1.82) is 0 Å². The highest BCUT2D eigenvalue weighted by Gasteiger charge is 2.16. The monoisotopic (exact) mass is 411 g/mol. The summed E-state index contributed by atoms with van der Waals surface area (Å²) in [7, 11) is 0. The zero-order valence-corrected chi connectivity index (χ0v) is 16.5. The van der Waals surface area contributed by atoms with E-state index in [0.29, 0.717) is 32.7 Å². The Hall–Kier alpha value is -2.70. The maximum absolute atomic E-state index is 13.3. The topological polar surface area (TPSA) is 47.8 Å². The third-order valence-electron chi connectivity index (χ3n) is 4.31. The molecular weight excluding hydrogens is 397 g/mol. The van der Waals surface area contributed by atoms with Gasteiger partial charge in [-0.05, 0) is 48.4 Å². The van der Waals surface area contributed by atoms with Crippen LogP contribution in [-0.4, -0.2) is 14.5 Å². The molecule has 28 heavy (non-hydrogen) atoms. The molecule has 0 saturated heterocycles. The van der Waals surface area contributed by atoms with Gasteiger partial charge in [0.05, 0.1) is 10.9 Å². The minimum atomic E-state index is -0.386. The Balaban J connectivity index is 1.85. The molecule has 0 fully saturated rings. The molecule has 0 aliphatic heterocycles. The molecule has 4 aromatic rings. The Bertz CT molecular complexity index is 1240. The first-order valence-corrected chi connectivity index (χ1v) is 9.91. The fraction of sp³-hybridized carbons (Fsp3) is 0.0952. The largest absolute Gasteiger partial charge is 0.268 e. The van der Waals surface area contributed by atoms with Crippen molar-refractivity contribution < 1.29 is 4.39 Å². The number of rotatable bonds is 4. The van der Waals surface area contributed by atoms with Crippen molar-refractivity contribution in [2.24, 2.45) is 0 Å². The summed E-state index contributed by atoms with van der Waals surface area (Å²) >= 11 is 7.51. The molecule has 0 atom stereocenters. The fourth-order valence-corrected chi connectivity index (χ4v) is 4.20. The van der Waals surface area contributed by atoms with Crippen molar-refractivity contribution >= 4 is 34.3 Å². The van der Waals surface area contributed by atoms with Gasteiger partial charge in [-0.25, -0.2) is 18.9 Å². The number of aryl methyl sites for hydroxylation is 1. The normalized spacial score (nSPS) is 11.1. The lowest BCUT2D eigenvalue weighted by Crippen LogP contribution is -2.23. The van der Waals surface area contributed by atoms with Gasteiger partial charge in [0.25, 0.3) is 5.56 Å². The molecule has 0 amide bonds. The second kappa shape index (κ2) is 7.73. The quantitative estimate of drug-likeness (QED) is 0.343. The Kier molecular flexibility index (Phi) is 5.15. The number of aromatic nitrogens is 3. The summed E-state index contributed by atoms with van der Waals surface area (Å²) in [6, 6.07) is 15.2. The van der Waals surface area contributed by atoms with E-state index in [-0.39, 0.29) is 11.4 Å². The highest BCUT2D eigenvalue weighted by Crippen LogP contribution is 2.28. The first-order chi connectivity index (χ1) is 13.5. The molecule has 2 aromatic carbocycles. The van der Waals surface area contributed by atoms with Crippen LogP contribution < -0.4 is 5.56 Å². The standard InChI is InChI=1S/C21H15ClFN3OS/c1-13-5-4-10-24-19(13)26-20(27)16-6-2-3-7-18(16)25-21(26)28-12-14-8-9-15(23)11-17(14)22/h2-11H,12H2,1H3. The summed E-state index contributed by atoms with van der Waals surface area (Å²) in [5.74, 6) is 0.595. The first-order valence-electron chi connectivity index (χ1n) is 8.55. The van der Waals surface area contributed by atoms with Gasteiger partial charge in [-0.15, -0.1) is 0 Å².